The van der Waals surface area contributed by atoms with Crippen LogP contribution in [-0.4, -0.2) is 63.8 Å². The highest BCUT2D eigenvalue weighted by molar-refractivity contribution is 5.92. The molecule has 2 heterocycles. The molecule has 10 nitrogen and oxygen atoms in total. The number of nitrogens with one attached hydrogen (secondary N) is 2. The standard InChI is InChI=1S/C28H38N4O6/c1-17(29-25(34)22-16-24(38-31-22)20-7-8-20)19-11-13-32(14-12-19)26(35)23(30-27(36)37-28(2,3)4)15-18-5-9-21(33)10-6-18/h5-6,9-10,16-17,19-20,23,33H,7-8,11-15H2,1-4H3,(H,29,34)(H,30,36)/t17?,23-/m0/s1. The predicted molar refractivity (Wildman–Crippen MR) is 140 cm³/mol. The highest BCUT2D eigenvalue weighted by Gasteiger charge is 2.33. The van der Waals surface area contributed by atoms with Gasteiger partial charge in [-0.15, -0.1) is 0 Å². The number of phenolic OH excluding ortho intramolecular Hbond substituents is 1. The molecule has 2 aromatic rings. The van der Waals surface area contributed by atoms with Gasteiger partial charge in [-0.2, -0.15) is 0 Å². The fourth-order valence-corrected chi connectivity index (χ4v) is 4.71. The third kappa shape index (κ3) is 7.49. The molecule has 3 amide bonds. The van der Waals surface area contributed by atoms with Crippen LogP contribution in [0.1, 0.15) is 81.1 Å². The Morgan fingerprint density at radius 3 is 2.37 bits per heavy atom. The van der Waals surface area contributed by atoms with Crippen molar-refractivity contribution in [1.29, 1.82) is 0 Å². The van der Waals surface area contributed by atoms with Gasteiger partial charge in [0, 0.05) is 37.5 Å². The molecule has 1 aliphatic heterocycles. The average molecular weight is 527 g/mol. The Bertz CT molecular complexity index is 1130. The van der Waals surface area contributed by atoms with Gasteiger partial charge in [0.2, 0.25) is 5.91 Å². The molecule has 2 aliphatic rings. The summed E-state index contributed by atoms with van der Waals surface area (Å²) in [6.45, 7) is 8.30. The number of nitrogens with zero attached hydrogens (tertiary/aromatic N) is 2. The number of likely N-dealkylation sites (tertiary alicyclic amines) is 1. The van der Waals surface area contributed by atoms with Crippen molar-refractivity contribution >= 4 is 17.9 Å². The minimum Gasteiger partial charge on any atom is -0.508 e. The van der Waals surface area contributed by atoms with Crippen LogP contribution in [0.3, 0.4) is 0 Å². The molecule has 3 N–H and O–H groups in total. The average Bonchev–Trinajstić information content (AvgIpc) is 3.59. The maximum Gasteiger partial charge on any atom is 0.408 e. The van der Waals surface area contributed by atoms with E-state index in [0.29, 0.717) is 24.7 Å². The zero-order valence-corrected chi connectivity index (χ0v) is 22.5. The first-order chi connectivity index (χ1) is 18.0. The van der Waals surface area contributed by atoms with Crippen molar-refractivity contribution in [1.82, 2.24) is 20.7 Å². The normalized spacial score (nSPS) is 17.9. The van der Waals surface area contributed by atoms with Gasteiger partial charge in [-0.1, -0.05) is 17.3 Å². The van der Waals surface area contributed by atoms with Crippen molar-refractivity contribution in [3.8, 4) is 5.75 Å². The number of ether oxygens (including phenoxy) is 1. The number of alkyl carbamates (subject to hydrolysis) is 1. The van der Waals surface area contributed by atoms with Gasteiger partial charge in [-0.25, -0.2) is 4.79 Å². The minimum atomic E-state index is -0.809. The van der Waals surface area contributed by atoms with E-state index in [-0.39, 0.29) is 35.9 Å². The Morgan fingerprint density at radius 1 is 1.11 bits per heavy atom. The van der Waals surface area contributed by atoms with Crippen LogP contribution in [-0.2, 0) is 16.0 Å². The van der Waals surface area contributed by atoms with E-state index in [1.54, 1.807) is 56.0 Å². The second-order valence-corrected chi connectivity index (χ2v) is 11.4. The molecule has 0 bridgehead atoms. The third-order valence-electron chi connectivity index (χ3n) is 7.02. The van der Waals surface area contributed by atoms with Crippen LogP contribution in [0.15, 0.2) is 34.9 Å². The summed E-state index contributed by atoms with van der Waals surface area (Å²) in [5.74, 6) is 1.07. The van der Waals surface area contributed by atoms with Crippen LogP contribution < -0.4 is 10.6 Å². The fraction of sp³-hybridized carbons (Fsp3) is 0.571. The van der Waals surface area contributed by atoms with Gasteiger partial charge in [0.05, 0.1) is 0 Å². The molecule has 1 aromatic carbocycles. The quantitative estimate of drug-likeness (QED) is 0.477. The van der Waals surface area contributed by atoms with E-state index < -0.39 is 17.7 Å². The summed E-state index contributed by atoms with van der Waals surface area (Å²) in [5.41, 5.74) is 0.415. The Balaban J connectivity index is 1.33. The molecule has 2 atom stereocenters. The summed E-state index contributed by atoms with van der Waals surface area (Å²) >= 11 is 0. The van der Waals surface area contributed by atoms with E-state index in [0.717, 1.165) is 37.0 Å². The maximum atomic E-state index is 13.5. The van der Waals surface area contributed by atoms with Gasteiger partial charge in [0.25, 0.3) is 5.91 Å². The van der Waals surface area contributed by atoms with E-state index in [9.17, 15) is 19.5 Å². The number of rotatable bonds is 8. The summed E-state index contributed by atoms with van der Waals surface area (Å²) in [7, 11) is 0. The predicted octanol–water partition coefficient (Wildman–Crippen LogP) is 3.75. The molecule has 1 unspecified atom stereocenters. The summed E-state index contributed by atoms with van der Waals surface area (Å²) in [6.07, 6.45) is 3.21. The molecule has 0 radical (unpaired) electrons. The number of aromatic hydroxyl groups is 1. The molecular weight excluding hydrogens is 488 g/mol. The highest BCUT2D eigenvalue weighted by Crippen LogP contribution is 2.40. The molecular formula is C28H38N4O6. The van der Waals surface area contributed by atoms with Gasteiger partial charge in [0.15, 0.2) is 5.69 Å². The van der Waals surface area contributed by atoms with Gasteiger partial charge >= 0.3 is 6.09 Å². The summed E-state index contributed by atoms with van der Waals surface area (Å²) in [4.78, 5) is 40.4. The molecule has 38 heavy (non-hydrogen) atoms. The first-order valence-corrected chi connectivity index (χ1v) is 13.3. The Hall–Kier alpha value is -3.56. The number of piperidine rings is 1. The van der Waals surface area contributed by atoms with Crippen molar-refractivity contribution in [3.05, 3.63) is 47.3 Å². The van der Waals surface area contributed by atoms with Gasteiger partial charge in [-0.3, -0.25) is 9.59 Å². The second kappa shape index (κ2) is 11.4. The zero-order valence-electron chi connectivity index (χ0n) is 22.5. The summed E-state index contributed by atoms with van der Waals surface area (Å²) < 4.78 is 10.7. The van der Waals surface area contributed by atoms with Crippen molar-refractivity contribution in [2.45, 2.75) is 83.4 Å². The third-order valence-corrected chi connectivity index (χ3v) is 7.02. The monoisotopic (exact) mass is 526 g/mol. The SMILES string of the molecule is CC(NC(=O)c1cc(C2CC2)on1)C1CCN(C(=O)[C@H](Cc2ccc(O)cc2)NC(=O)OC(C)(C)C)CC1. The first-order valence-electron chi connectivity index (χ1n) is 13.3. The fourth-order valence-electron chi connectivity index (χ4n) is 4.71. The van der Waals surface area contributed by atoms with E-state index in [2.05, 4.69) is 15.8 Å². The lowest BCUT2D eigenvalue weighted by Gasteiger charge is -2.37. The van der Waals surface area contributed by atoms with E-state index in [1.807, 2.05) is 6.92 Å². The van der Waals surface area contributed by atoms with Crippen LogP contribution in [0.2, 0.25) is 0 Å². The topological polar surface area (TPSA) is 134 Å². The Labute approximate surface area is 223 Å². The largest absolute Gasteiger partial charge is 0.508 e. The van der Waals surface area contributed by atoms with Crippen LogP contribution in [0.4, 0.5) is 4.79 Å². The van der Waals surface area contributed by atoms with Gasteiger partial charge < -0.3 is 29.9 Å². The van der Waals surface area contributed by atoms with Gasteiger partial charge in [0.1, 0.15) is 23.2 Å². The Morgan fingerprint density at radius 2 is 1.76 bits per heavy atom. The number of amides is 3. The van der Waals surface area contributed by atoms with E-state index in [4.69, 9.17) is 9.26 Å². The molecule has 2 fully saturated rings. The molecule has 0 spiro atoms. The van der Waals surface area contributed by atoms with Crippen molar-refractivity contribution < 1.29 is 28.8 Å². The molecule has 206 valence electrons. The van der Waals surface area contributed by atoms with Crippen LogP contribution in [0, 0.1) is 5.92 Å². The number of aromatic nitrogens is 1. The Kier molecular flexibility index (Phi) is 8.28. The molecule has 10 heteroatoms. The lowest BCUT2D eigenvalue weighted by Crippen LogP contribution is -2.53. The molecule has 1 aromatic heterocycles. The number of phenols is 1. The first kappa shape index (κ1) is 27.5. The zero-order chi connectivity index (χ0) is 27.4. The molecule has 4 rings (SSSR count). The minimum absolute atomic E-state index is 0.0893. The number of hydrogen-bond donors (Lipinski definition) is 3. The number of benzene rings is 1. The van der Waals surface area contributed by atoms with Gasteiger partial charge in [-0.05, 0) is 77.0 Å². The van der Waals surface area contributed by atoms with Crippen molar-refractivity contribution in [3.63, 3.8) is 0 Å². The second-order valence-electron chi connectivity index (χ2n) is 11.4. The summed E-state index contributed by atoms with van der Waals surface area (Å²) in [6, 6.07) is 7.39. The lowest BCUT2D eigenvalue weighted by molar-refractivity contribution is -0.135. The van der Waals surface area contributed by atoms with E-state index >= 15 is 0 Å². The molecule has 1 saturated carbocycles. The van der Waals surface area contributed by atoms with E-state index in [1.165, 1.54) is 0 Å². The number of carbonyl (C=O) groups is 3. The number of carbonyl (C=O) groups excluding carboxylic acids is 3. The molecule has 1 saturated heterocycles. The van der Waals surface area contributed by atoms with Crippen LogP contribution in [0.5, 0.6) is 5.75 Å². The maximum absolute atomic E-state index is 13.5. The highest BCUT2D eigenvalue weighted by atomic mass is 16.6. The summed E-state index contributed by atoms with van der Waals surface area (Å²) in [5, 5.41) is 19.3. The lowest BCUT2D eigenvalue weighted by atomic mass is 9.89. The smallest absolute Gasteiger partial charge is 0.408 e. The van der Waals surface area contributed by atoms with Crippen molar-refractivity contribution in [2.75, 3.05) is 13.1 Å². The van der Waals surface area contributed by atoms with Crippen molar-refractivity contribution in [2.24, 2.45) is 5.92 Å². The number of hydrogen-bond acceptors (Lipinski definition) is 7. The van der Waals surface area contributed by atoms with Crippen LogP contribution in [0.25, 0.3) is 0 Å². The molecule has 1 aliphatic carbocycles. The van der Waals surface area contributed by atoms with Crippen LogP contribution >= 0.6 is 0 Å².